The summed E-state index contributed by atoms with van der Waals surface area (Å²) in [4.78, 5) is 28.6. The molecule has 1 N–H and O–H groups in total. The number of hydrogen-bond acceptors (Lipinski definition) is 4. The zero-order valence-electron chi connectivity index (χ0n) is 15.9. The van der Waals surface area contributed by atoms with Gasteiger partial charge in [-0.15, -0.1) is 11.8 Å². The van der Waals surface area contributed by atoms with Crippen LogP contribution in [-0.2, 0) is 15.8 Å². The number of anilines is 3. The number of carbonyl (C=O) groups is 2. The van der Waals surface area contributed by atoms with Gasteiger partial charge in [-0.25, -0.2) is 0 Å². The van der Waals surface area contributed by atoms with Gasteiger partial charge in [0.25, 0.3) is 0 Å². The van der Waals surface area contributed by atoms with Crippen LogP contribution in [0.25, 0.3) is 0 Å². The van der Waals surface area contributed by atoms with Gasteiger partial charge in [0.2, 0.25) is 11.8 Å². The molecule has 0 atom stereocenters. The monoisotopic (exact) mass is 423 g/mol. The number of rotatable bonds is 5. The summed E-state index contributed by atoms with van der Waals surface area (Å²) >= 11 is 1.42. The minimum atomic E-state index is -4.60. The highest BCUT2D eigenvalue weighted by molar-refractivity contribution is 8.00. The highest BCUT2D eigenvalue weighted by Gasteiger charge is 2.34. The van der Waals surface area contributed by atoms with Gasteiger partial charge in [-0.2, -0.15) is 13.2 Å². The number of alkyl halides is 3. The fraction of sp³-hybridized carbons (Fsp3) is 0.300. The third-order valence-electron chi connectivity index (χ3n) is 4.47. The molecule has 2 aromatic carbocycles. The van der Waals surface area contributed by atoms with E-state index in [0.717, 1.165) is 11.0 Å². The van der Waals surface area contributed by atoms with Gasteiger partial charge in [0.05, 0.1) is 22.7 Å². The summed E-state index contributed by atoms with van der Waals surface area (Å²) in [5, 5.41) is 2.34. The van der Waals surface area contributed by atoms with Crippen LogP contribution in [0.2, 0.25) is 0 Å². The number of carbonyl (C=O) groups excluding carboxylic acids is 2. The minimum Gasteiger partial charge on any atom is -0.378 e. The molecule has 0 bridgehead atoms. The van der Waals surface area contributed by atoms with Gasteiger partial charge >= 0.3 is 6.18 Å². The van der Waals surface area contributed by atoms with Crippen LogP contribution in [0.4, 0.5) is 30.2 Å². The zero-order valence-corrected chi connectivity index (χ0v) is 16.7. The highest BCUT2D eigenvalue weighted by Crippen LogP contribution is 2.37. The van der Waals surface area contributed by atoms with E-state index in [2.05, 4.69) is 5.32 Å². The largest absolute Gasteiger partial charge is 0.418 e. The van der Waals surface area contributed by atoms with Crippen molar-refractivity contribution >= 4 is 40.6 Å². The summed E-state index contributed by atoms with van der Waals surface area (Å²) < 4.78 is 40.2. The van der Waals surface area contributed by atoms with Crippen LogP contribution >= 0.6 is 11.8 Å². The molecule has 2 amide bonds. The van der Waals surface area contributed by atoms with E-state index in [1.54, 1.807) is 31.1 Å². The van der Waals surface area contributed by atoms with Crippen molar-refractivity contribution in [3.05, 3.63) is 48.0 Å². The molecule has 0 spiro atoms. The van der Waals surface area contributed by atoms with Crippen molar-refractivity contribution < 1.29 is 22.8 Å². The number of thioether (sulfide) groups is 1. The van der Waals surface area contributed by atoms with E-state index in [9.17, 15) is 22.8 Å². The van der Waals surface area contributed by atoms with Gasteiger partial charge in [0.1, 0.15) is 0 Å². The van der Waals surface area contributed by atoms with Gasteiger partial charge in [-0.1, -0.05) is 12.1 Å². The molecule has 9 heteroatoms. The smallest absolute Gasteiger partial charge is 0.378 e. The standard InChI is InChI=1S/C20H20F3N3O2S/c1-25(2)13-7-8-15(14(11-13)20(21,22)23)24-18(27)9-10-26-16-5-3-4-6-17(16)29-12-19(26)28/h3-8,11H,9-10,12H2,1-2H3,(H,24,27). The maximum absolute atomic E-state index is 13.4. The number of para-hydroxylation sites is 1. The van der Waals surface area contributed by atoms with E-state index >= 15 is 0 Å². The molecule has 154 valence electrons. The number of hydrogen-bond donors (Lipinski definition) is 1. The van der Waals surface area contributed by atoms with Crippen LogP contribution in [0, 0.1) is 0 Å². The van der Waals surface area contributed by atoms with Gasteiger partial charge in [0, 0.05) is 37.6 Å². The van der Waals surface area contributed by atoms with Gasteiger partial charge < -0.3 is 15.1 Å². The quantitative estimate of drug-likeness (QED) is 0.782. The Hall–Kier alpha value is -2.68. The van der Waals surface area contributed by atoms with E-state index in [1.165, 1.54) is 28.8 Å². The third-order valence-corrected chi connectivity index (χ3v) is 5.52. The predicted octanol–water partition coefficient (Wildman–Crippen LogP) is 4.24. The molecular formula is C20H20F3N3O2S. The van der Waals surface area contributed by atoms with Crippen molar-refractivity contribution in [2.75, 3.05) is 41.5 Å². The molecule has 29 heavy (non-hydrogen) atoms. The van der Waals surface area contributed by atoms with E-state index in [1.807, 2.05) is 12.1 Å². The summed E-state index contributed by atoms with van der Waals surface area (Å²) in [7, 11) is 3.28. The number of benzene rings is 2. The van der Waals surface area contributed by atoms with Crippen LogP contribution in [0.15, 0.2) is 47.4 Å². The topological polar surface area (TPSA) is 52.7 Å². The number of halogens is 3. The van der Waals surface area contributed by atoms with Crippen LogP contribution < -0.4 is 15.1 Å². The molecule has 2 aromatic rings. The lowest BCUT2D eigenvalue weighted by Gasteiger charge is -2.28. The number of nitrogens with zero attached hydrogens (tertiary/aromatic N) is 2. The molecule has 1 heterocycles. The summed E-state index contributed by atoms with van der Waals surface area (Å²) in [5.74, 6) is -0.451. The molecule has 1 aliphatic rings. The Morgan fingerprint density at radius 3 is 2.62 bits per heavy atom. The molecule has 0 aromatic heterocycles. The predicted molar refractivity (Wildman–Crippen MR) is 109 cm³/mol. The van der Waals surface area contributed by atoms with Crippen molar-refractivity contribution in [3.8, 4) is 0 Å². The molecule has 0 saturated heterocycles. The Morgan fingerprint density at radius 1 is 1.21 bits per heavy atom. The summed E-state index contributed by atoms with van der Waals surface area (Å²) in [6.07, 6.45) is -4.72. The average Bonchev–Trinajstić information content (AvgIpc) is 2.66. The maximum atomic E-state index is 13.4. The lowest BCUT2D eigenvalue weighted by molar-refractivity contribution is -0.137. The summed E-state index contributed by atoms with van der Waals surface area (Å²) in [6.45, 7) is 0.0966. The Labute approximate surface area is 170 Å². The molecular weight excluding hydrogens is 403 g/mol. The number of amides is 2. The van der Waals surface area contributed by atoms with Gasteiger partial charge in [0.15, 0.2) is 0 Å². The number of nitrogens with one attached hydrogen (secondary N) is 1. The van der Waals surface area contributed by atoms with Crippen molar-refractivity contribution in [1.29, 1.82) is 0 Å². The van der Waals surface area contributed by atoms with E-state index in [-0.39, 0.29) is 30.3 Å². The second kappa shape index (κ2) is 8.36. The van der Waals surface area contributed by atoms with E-state index in [4.69, 9.17) is 0 Å². The van der Waals surface area contributed by atoms with Crippen molar-refractivity contribution in [3.63, 3.8) is 0 Å². The first-order valence-electron chi connectivity index (χ1n) is 8.87. The Morgan fingerprint density at radius 2 is 1.93 bits per heavy atom. The maximum Gasteiger partial charge on any atom is 0.418 e. The van der Waals surface area contributed by atoms with Gasteiger partial charge in [-0.3, -0.25) is 9.59 Å². The first-order valence-corrected chi connectivity index (χ1v) is 9.86. The zero-order chi connectivity index (χ0) is 21.2. The second-order valence-electron chi connectivity index (χ2n) is 6.72. The summed E-state index contributed by atoms with van der Waals surface area (Å²) in [6, 6.07) is 11.1. The molecule has 0 unspecified atom stereocenters. The molecule has 0 aliphatic carbocycles. The summed E-state index contributed by atoms with van der Waals surface area (Å²) in [5.41, 5.74) is -0.113. The average molecular weight is 423 g/mol. The molecule has 5 nitrogen and oxygen atoms in total. The van der Waals surface area contributed by atoms with Crippen molar-refractivity contribution in [2.24, 2.45) is 0 Å². The van der Waals surface area contributed by atoms with Crippen LogP contribution in [-0.4, -0.2) is 38.2 Å². The Kier molecular flexibility index (Phi) is 6.07. The van der Waals surface area contributed by atoms with Crippen molar-refractivity contribution in [1.82, 2.24) is 0 Å². The molecule has 0 radical (unpaired) electrons. The van der Waals surface area contributed by atoms with Crippen LogP contribution in [0.3, 0.4) is 0 Å². The molecule has 0 saturated carbocycles. The Bertz CT molecular complexity index is 931. The Balaban J connectivity index is 1.73. The fourth-order valence-electron chi connectivity index (χ4n) is 2.98. The van der Waals surface area contributed by atoms with Crippen LogP contribution in [0.1, 0.15) is 12.0 Å². The minimum absolute atomic E-state index is 0.0966. The number of fused-ring (bicyclic) bond motifs is 1. The molecule has 1 aliphatic heterocycles. The molecule has 0 fully saturated rings. The molecule has 3 rings (SSSR count). The first-order chi connectivity index (χ1) is 13.7. The van der Waals surface area contributed by atoms with Crippen LogP contribution in [0.5, 0.6) is 0 Å². The third kappa shape index (κ3) is 4.84. The highest BCUT2D eigenvalue weighted by atomic mass is 32.2. The second-order valence-corrected chi connectivity index (χ2v) is 7.74. The lowest BCUT2D eigenvalue weighted by Crippen LogP contribution is -2.37. The van der Waals surface area contributed by atoms with E-state index < -0.39 is 17.6 Å². The lowest BCUT2D eigenvalue weighted by atomic mass is 10.1. The normalized spacial score (nSPS) is 13.8. The SMILES string of the molecule is CN(C)c1ccc(NC(=O)CCN2C(=O)CSc3ccccc32)c(C(F)(F)F)c1. The van der Waals surface area contributed by atoms with Gasteiger partial charge in [-0.05, 0) is 30.3 Å². The van der Waals surface area contributed by atoms with E-state index in [0.29, 0.717) is 11.4 Å². The van der Waals surface area contributed by atoms with Crippen molar-refractivity contribution in [2.45, 2.75) is 17.5 Å². The fourth-order valence-corrected chi connectivity index (χ4v) is 3.91. The first kappa shape index (κ1) is 21.0.